The Balaban J connectivity index is 1.67. The van der Waals surface area contributed by atoms with Crippen LogP contribution in [0.4, 0.5) is 15.8 Å². The minimum absolute atomic E-state index is 0.0144. The van der Waals surface area contributed by atoms with Gasteiger partial charge in [-0.05, 0) is 67.8 Å². The normalized spacial score (nSPS) is 10.3. The van der Waals surface area contributed by atoms with Gasteiger partial charge < -0.3 is 15.4 Å². The standard InChI is InChI=1S/C21H22BrFN2O4/c1-13-14(2)18(11-10-17(13)22)25-20(27)12-29-21(28)5-3-4-19(26)24-16-8-6-15(23)7-9-16/h6-11H,3-5,12H2,1-2H3,(H,24,26)(H,25,27). The fourth-order valence-corrected chi connectivity index (χ4v) is 2.91. The number of carbonyl (C=O) groups excluding carboxylic acids is 3. The molecule has 0 fully saturated rings. The van der Waals surface area contributed by atoms with Gasteiger partial charge in [-0.1, -0.05) is 15.9 Å². The second kappa shape index (κ2) is 10.7. The highest BCUT2D eigenvalue weighted by atomic mass is 79.9. The predicted octanol–water partition coefficient (Wildman–Crippen LogP) is 4.50. The highest BCUT2D eigenvalue weighted by molar-refractivity contribution is 9.10. The molecule has 0 aliphatic carbocycles. The first-order valence-corrected chi connectivity index (χ1v) is 9.82. The van der Waals surface area contributed by atoms with Gasteiger partial charge in [0.05, 0.1) is 0 Å². The molecule has 0 bridgehead atoms. The molecule has 0 spiro atoms. The molecule has 0 aliphatic rings. The number of nitrogens with one attached hydrogen (secondary N) is 2. The van der Waals surface area contributed by atoms with E-state index in [9.17, 15) is 18.8 Å². The van der Waals surface area contributed by atoms with E-state index >= 15 is 0 Å². The molecule has 8 heteroatoms. The van der Waals surface area contributed by atoms with Crippen LogP contribution in [0.25, 0.3) is 0 Å². The van der Waals surface area contributed by atoms with E-state index in [1.54, 1.807) is 6.07 Å². The van der Waals surface area contributed by atoms with Crippen molar-refractivity contribution in [1.82, 2.24) is 0 Å². The van der Waals surface area contributed by atoms with Crippen LogP contribution >= 0.6 is 15.9 Å². The van der Waals surface area contributed by atoms with Gasteiger partial charge >= 0.3 is 5.97 Å². The first kappa shape index (κ1) is 22.5. The van der Waals surface area contributed by atoms with Crippen LogP contribution < -0.4 is 10.6 Å². The van der Waals surface area contributed by atoms with Crippen LogP contribution in [0, 0.1) is 19.7 Å². The largest absolute Gasteiger partial charge is 0.456 e. The third kappa shape index (κ3) is 7.30. The number of hydrogen-bond acceptors (Lipinski definition) is 4. The van der Waals surface area contributed by atoms with Gasteiger partial charge in [0.25, 0.3) is 5.91 Å². The number of benzene rings is 2. The number of hydrogen-bond donors (Lipinski definition) is 2. The van der Waals surface area contributed by atoms with Crippen LogP contribution in [0.5, 0.6) is 0 Å². The Labute approximate surface area is 177 Å². The Hall–Kier alpha value is -2.74. The Morgan fingerprint density at radius 1 is 0.931 bits per heavy atom. The minimum Gasteiger partial charge on any atom is -0.456 e. The highest BCUT2D eigenvalue weighted by Gasteiger charge is 2.12. The van der Waals surface area contributed by atoms with Crippen molar-refractivity contribution in [1.29, 1.82) is 0 Å². The summed E-state index contributed by atoms with van der Waals surface area (Å²) in [7, 11) is 0. The van der Waals surface area contributed by atoms with Crippen LogP contribution in [0.2, 0.25) is 0 Å². The number of carbonyl (C=O) groups is 3. The molecule has 2 N–H and O–H groups in total. The van der Waals surface area contributed by atoms with Crippen LogP contribution in [0.1, 0.15) is 30.4 Å². The maximum absolute atomic E-state index is 12.8. The zero-order chi connectivity index (χ0) is 21.4. The molecule has 6 nitrogen and oxygen atoms in total. The van der Waals surface area contributed by atoms with Gasteiger partial charge in [0, 0.05) is 28.7 Å². The molecule has 0 heterocycles. The summed E-state index contributed by atoms with van der Waals surface area (Å²) in [4.78, 5) is 35.6. The number of anilines is 2. The molecule has 29 heavy (non-hydrogen) atoms. The van der Waals surface area contributed by atoms with Crippen LogP contribution in [-0.2, 0) is 19.1 Å². The van der Waals surface area contributed by atoms with E-state index in [0.717, 1.165) is 15.6 Å². The summed E-state index contributed by atoms with van der Waals surface area (Å²) in [6, 6.07) is 9.00. The van der Waals surface area contributed by atoms with Crippen LogP contribution in [-0.4, -0.2) is 24.4 Å². The molecule has 0 saturated carbocycles. The van der Waals surface area contributed by atoms with E-state index in [1.165, 1.54) is 24.3 Å². The number of halogens is 2. The van der Waals surface area contributed by atoms with Crippen molar-refractivity contribution in [3.8, 4) is 0 Å². The Bertz CT molecular complexity index is 900. The summed E-state index contributed by atoms with van der Waals surface area (Å²) in [5.74, 6) is -1.67. The molecule has 0 saturated heterocycles. The van der Waals surface area contributed by atoms with E-state index < -0.39 is 18.5 Å². The molecule has 2 aromatic carbocycles. The third-order valence-corrected chi connectivity index (χ3v) is 5.13. The van der Waals surface area contributed by atoms with Crippen molar-refractivity contribution in [2.24, 2.45) is 0 Å². The summed E-state index contributed by atoms with van der Waals surface area (Å²) in [5.41, 5.74) is 3.07. The number of esters is 1. The molecule has 2 aromatic rings. The molecule has 2 amide bonds. The molecule has 0 atom stereocenters. The van der Waals surface area contributed by atoms with E-state index in [2.05, 4.69) is 26.6 Å². The maximum atomic E-state index is 12.8. The van der Waals surface area contributed by atoms with Gasteiger partial charge in [0.15, 0.2) is 6.61 Å². The van der Waals surface area contributed by atoms with Crippen LogP contribution in [0.15, 0.2) is 40.9 Å². The van der Waals surface area contributed by atoms with Crippen LogP contribution in [0.3, 0.4) is 0 Å². The zero-order valence-corrected chi connectivity index (χ0v) is 17.8. The summed E-state index contributed by atoms with van der Waals surface area (Å²) in [6.07, 6.45) is 0.398. The van der Waals surface area contributed by atoms with Gasteiger partial charge in [-0.2, -0.15) is 0 Å². The lowest BCUT2D eigenvalue weighted by atomic mass is 10.1. The van der Waals surface area contributed by atoms with E-state index in [-0.39, 0.29) is 31.0 Å². The third-order valence-electron chi connectivity index (χ3n) is 4.27. The molecule has 154 valence electrons. The van der Waals surface area contributed by atoms with Crippen molar-refractivity contribution in [3.63, 3.8) is 0 Å². The number of amides is 2. The topological polar surface area (TPSA) is 84.5 Å². The summed E-state index contributed by atoms with van der Waals surface area (Å²) in [5, 5.41) is 5.32. The van der Waals surface area contributed by atoms with Crippen molar-refractivity contribution in [2.75, 3.05) is 17.2 Å². The van der Waals surface area contributed by atoms with E-state index in [4.69, 9.17) is 4.74 Å². The van der Waals surface area contributed by atoms with Gasteiger partial charge in [0.2, 0.25) is 5.91 Å². The fourth-order valence-electron chi connectivity index (χ4n) is 2.48. The minimum atomic E-state index is -0.557. The quantitative estimate of drug-likeness (QED) is 0.563. The molecule has 0 aliphatic heterocycles. The molecule has 0 unspecified atom stereocenters. The average molecular weight is 465 g/mol. The fraction of sp³-hybridized carbons (Fsp3) is 0.286. The second-order valence-corrected chi connectivity index (χ2v) is 7.32. The van der Waals surface area contributed by atoms with Gasteiger partial charge in [-0.25, -0.2) is 4.39 Å². The Morgan fingerprint density at radius 2 is 1.62 bits per heavy atom. The van der Waals surface area contributed by atoms with Gasteiger partial charge in [-0.3, -0.25) is 14.4 Å². The predicted molar refractivity (Wildman–Crippen MR) is 112 cm³/mol. The van der Waals surface area contributed by atoms with Crippen molar-refractivity contribution < 1.29 is 23.5 Å². The zero-order valence-electron chi connectivity index (χ0n) is 16.2. The highest BCUT2D eigenvalue weighted by Crippen LogP contribution is 2.25. The first-order chi connectivity index (χ1) is 13.8. The summed E-state index contributed by atoms with van der Waals surface area (Å²) in [6.45, 7) is 3.43. The Morgan fingerprint density at radius 3 is 2.31 bits per heavy atom. The summed E-state index contributed by atoms with van der Waals surface area (Å²) >= 11 is 3.43. The molecule has 2 rings (SSSR count). The Kier molecular flexibility index (Phi) is 8.33. The van der Waals surface area contributed by atoms with Crippen molar-refractivity contribution in [3.05, 3.63) is 57.8 Å². The molecular formula is C21H22BrFN2O4. The lowest BCUT2D eigenvalue weighted by Crippen LogP contribution is -2.21. The second-order valence-electron chi connectivity index (χ2n) is 6.46. The lowest BCUT2D eigenvalue weighted by molar-refractivity contribution is -0.147. The maximum Gasteiger partial charge on any atom is 0.306 e. The summed E-state index contributed by atoms with van der Waals surface area (Å²) < 4.78 is 18.7. The molecule has 0 aromatic heterocycles. The van der Waals surface area contributed by atoms with Gasteiger partial charge in [-0.15, -0.1) is 0 Å². The molecule has 0 radical (unpaired) electrons. The monoisotopic (exact) mass is 464 g/mol. The SMILES string of the molecule is Cc1c(Br)ccc(NC(=O)COC(=O)CCCC(=O)Nc2ccc(F)cc2)c1C. The van der Waals surface area contributed by atoms with E-state index in [0.29, 0.717) is 11.4 Å². The lowest BCUT2D eigenvalue weighted by Gasteiger charge is -2.12. The van der Waals surface area contributed by atoms with Crippen molar-refractivity contribution >= 4 is 45.1 Å². The average Bonchev–Trinajstić information content (AvgIpc) is 2.68. The van der Waals surface area contributed by atoms with Gasteiger partial charge in [0.1, 0.15) is 5.82 Å². The number of ether oxygens (including phenoxy) is 1. The first-order valence-electron chi connectivity index (χ1n) is 9.03. The van der Waals surface area contributed by atoms with E-state index in [1.807, 2.05) is 19.9 Å². The smallest absolute Gasteiger partial charge is 0.306 e. The molecular weight excluding hydrogens is 443 g/mol. The van der Waals surface area contributed by atoms with Crippen molar-refractivity contribution in [2.45, 2.75) is 33.1 Å². The number of rotatable bonds is 8.